The van der Waals surface area contributed by atoms with Crippen LogP contribution in [0.2, 0.25) is 0 Å². The molecule has 1 saturated heterocycles. The van der Waals surface area contributed by atoms with Crippen LogP contribution >= 0.6 is 0 Å². The Balaban J connectivity index is 1.66. The molecule has 3 aromatic heterocycles. The summed E-state index contributed by atoms with van der Waals surface area (Å²) in [7, 11) is 0. The number of morpholine rings is 1. The first-order valence-corrected chi connectivity index (χ1v) is 12.1. The van der Waals surface area contributed by atoms with Crippen molar-refractivity contribution in [3.63, 3.8) is 0 Å². The minimum Gasteiger partial charge on any atom is -0.467 e. The Morgan fingerprint density at radius 3 is 2.73 bits per heavy atom. The van der Waals surface area contributed by atoms with E-state index in [2.05, 4.69) is 27.5 Å². The fraction of sp³-hybridized carbons (Fsp3) is 0.385. The summed E-state index contributed by atoms with van der Waals surface area (Å²) < 4.78 is 19.3. The maximum absolute atomic E-state index is 10.2. The first-order chi connectivity index (χ1) is 17.8. The number of fused-ring (bicyclic) bond motifs is 1. The summed E-state index contributed by atoms with van der Waals surface area (Å²) in [5.41, 5.74) is 7.64. The zero-order valence-corrected chi connectivity index (χ0v) is 20.9. The Bertz CT molecular complexity index is 1440. The predicted molar refractivity (Wildman–Crippen MR) is 137 cm³/mol. The van der Waals surface area contributed by atoms with Crippen molar-refractivity contribution in [2.75, 3.05) is 25.4 Å². The van der Waals surface area contributed by atoms with Crippen LogP contribution < -0.4 is 15.8 Å². The smallest absolute Gasteiger partial charge is 0.217 e. The number of aromatic nitrogens is 5. The van der Waals surface area contributed by atoms with Crippen LogP contribution in [0.3, 0.4) is 0 Å². The van der Waals surface area contributed by atoms with Gasteiger partial charge in [0, 0.05) is 25.7 Å². The summed E-state index contributed by atoms with van der Waals surface area (Å²) in [6.45, 7) is 7.76. The Hall–Kier alpha value is -3.98. The maximum atomic E-state index is 10.2. The van der Waals surface area contributed by atoms with Crippen LogP contribution in [0.1, 0.15) is 38.1 Å². The molecule has 37 heavy (non-hydrogen) atoms. The SMILES string of the molecule is CCn1c(-c2nonc2N)nc2c(C#CC(C)(C)O)nc(O[C@@H](c3ccccc3)[C@H]3CNCCO3)cc21. The number of anilines is 1. The number of nitrogens with zero attached hydrogens (tertiary/aromatic N) is 5. The number of nitrogens with one attached hydrogen (secondary N) is 1. The zero-order chi connectivity index (χ0) is 26.0. The van der Waals surface area contributed by atoms with Crippen LogP contribution in [0.15, 0.2) is 41.0 Å². The van der Waals surface area contributed by atoms with Gasteiger partial charge in [0.25, 0.3) is 0 Å². The Morgan fingerprint density at radius 2 is 2.08 bits per heavy atom. The molecule has 0 amide bonds. The normalized spacial score (nSPS) is 16.8. The first kappa shape index (κ1) is 24.7. The van der Waals surface area contributed by atoms with E-state index in [-0.39, 0.29) is 11.9 Å². The second-order valence-electron chi connectivity index (χ2n) is 9.23. The molecule has 4 N–H and O–H groups in total. The maximum Gasteiger partial charge on any atom is 0.217 e. The number of benzene rings is 1. The van der Waals surface area contributed by atoms with Crippen molar-refractivity contribution >= 4 is 16.9 Å². The molecule has 0 radical (unpaired) electrons. The molecule has 0 unspecified atom stereocenters. The second-order valence-corrected chi connectivity index (χ2v) is 9.23. The minimum absolute atomic E-state index is 0.129. The largest absolute Gasteiger partial charge is 0.467 e. The van der Waals surface area contributed by atoms with E-state index in [0.29, 0.717) is 48.3 Å². The average molecular weight is 504 g/mol. The number of aryl methyl sites for hydroxylation is 1. The molecule has 11 nitrogen and oxygen atoms in total. The molecule has 0 saturated carbocycles. The molecule has 1 fully saturated rings. The van der Waals surface area contributed by atoms with Gasteiger partial charge in [-0.2, -0.15) is 0 Å². The standard InChI is InChI=1S/C26H29N7O4/c1-4-33-18-14-20(36-23(16-8-6-5-7-9-16)19-15-28-12-13-35-19)29-17(10-11-26(2,3)34)21(18)30-25(33)22-24(27)32-37-31-22/h5-9,14,19,23,28,34H,4,12-13,15H2,1-3H3,(H2,27,32)/t19-,23+/m1/s1. The monoisotopic (exact) mass is 503 g/mol. The lowest BCUT2D eigenvalue weighted by molar-refractivity contribution is -0.0445. The molecular weight excluding hydrogens is 474 g/mol. The van der Waals surface area contributed by atoms with Gasteiger partial charge in [-0.25, -0.2) is 14.6 Å². The summed E-state index contributed by atoms with van der Waals surface area (Å²) in [5, 5.41) is 21.2. The van der Waals surface area contributed by atoms with Gasteiger partial charge in [0.15, 0.2) is 23.4 Å². The number of pyridine rings is 1. The highest BCUT2D eigenvalue weighted by Gasteiger charge is 2.29. The number of ether oxygens (including phenoxy) is 2. The van der Waals surface area contributed by atoms with Gasteiger partial charge < -0.3 is 30.2 Å². The number of nitrogens with two attached hydrogens (primary N) is 1. The van der Waals surface area contributed by atoms with Crippen LogP contribution in [0.4, 0.5) is 5.82 Å². The summed E-state index contributed by atoms with van der Waals surface area (Å²) >= 11 is 0. The van der Waals surface area contributed by atoms with E-state index >= 15 is 0 Å². The lowest BCUT2D eigenvalue weighted by atomic mass is 10.0. The number of nitrogen functional groups attached to an aromatic ring is 1. The quantitative estimate of drug-likeness (QED) is 0.335. The van der Waals surface area contributed by atoms with Crippen molar-refractivity contribution in [2.45, 2.75) is 45.1 Å². The van der Waals surface area contributed by atoms with E-state index in [9.17, 15) is 5.11 Å². The Kier molecular flexibility index (Phi) is 6.80. The lowest BCUT2D eigenvalue weighted by Gasteiger charge is -2.31. The van der Waals surface area contributed by atoms with Crippen LogP contribution in [-0.2, 0) is 11.3 Å². The topological polar surface area (TPSA) is 146 Å². The molecule has 1 aliphatic rings. The third-order valence-corrected chi connectivity index (χ3v) is 5.91. The average Bonchev–Trinajstić information content (AvgIpc) is 3.49. The summed E-state index contributed by atoms with van der Waals surface area (Å²) in [6, 6.07) is 11.7. The van der Waals surface area contributed by atoms with Gasteiger partial charge in [0.05, 0.1) is 12.1 Å². The molecule has 11 heteroatoms. The number of rotatable bonds is 6. The van der Waals surface area contributed by atoms with Gasteiger partial charge in [-0.15, -0.1) is 0 Å². The highest BCUT2D eigenvalue weighted by molar-refractivity contribution is 5.86. The fourth-order valence-corrected chi connectivity index (χ4v) is 4.22. The van der Waals surface area contributed by atoms with Crippen molar-refractivity contribution in [1.82, 2.24) is 30.2 Å². The number of hydrogen-bond acceptors (Lipinski definition) is 10. The molecular formula is C26H29N7O4. The molecule has 192 valence electrons. The van der Waals surface area contributed by atoms with E-state index < -0.39 is 11.7 Å². The van der Waals surface area contributed by atoms with E-state index in [1.165, 1.54) is 0 Å². The Morgan fingerprint density at radius 1 is 1.27 bits per heavy atom. The van der Waals surface area contributed by atoms with Gasteiger partial charge in [0.2, 0.25) is 5.88 Å². The van der Waals surface area contributed by atoms with Crippen molar-refractivity contribution < 1.29 is 19.2 Å². The number of imidazole rings is 1. The van der Waals surface area contributed by atoms with Crippen molar-refractivity contribution in [3.8, 4) is 29.2 Å². The second kappa shape index (κ2) is 10.2. The molecule has 4 heterocycles. The summed E-state index contributed by atoms with van der Waals surface area (Å²) in [6.07, 6.45) is -0.630. The molecule has 0 spiro atoms. The minimum atomic E-state index is -1.23. The third kappa shape index (κ3) is 5.27. The van der Waals surface area contributed by atoms with Gasteiger partial charge in [-0.05, 0) is 42.6 Å². The molecule has 4 aromatic rings. The van der Waals surface area contributed by atoms with Crippen LogP contribution in [0.25, 0.3) is 22.6 Å². The number of hydrogen-bond donors (Lipinski definition) is 3. The van der Waals surface area contributed by atoms with Crippen molar-refractivity contribution in [2.24, 2.45) is 0 Å². The van der Waals surface area contributed by atoms with Crippen molar-refractivity contribution in [3.05, 3.63) is 47.7 Å². The molecule has 1 aromatic carbocycles. The van der Waals surface area contributed by atoms with Crippen LogP contribution in [0.5, 0.6) is 5.88 Å². The van der Waals surface area contributed by atoms with E-state index in [1.54, 1.807) is 13.8 Å². The summed E-state index contributed by atoms with van der Waals surface area (Å²) in [5.74, 6) is 6.77. The lowest BCUT2D eigenvalue weighted by Crippen LogP contribution is -2.43. The van der Waals surface area contributed by atoms with Gasteiger partial charge in [0.1, 0.15) is 22.9 Å². The van der Waals surface area contributed by atoms with Gasteiger partial charge in [-0.3, -0.25) is 0 Å². The van der Waals surface area contributed by atoms with E-state index in [0.717, 1.165) is 17.6 Å². The molecule has 0 bridgehead atoms. The van der Waals surface area contributed by atoms with Gasteiger partial charge >= 0.3 is 0 Å². The first-order valence-electron chi connectivity index (χ1n) is 12.1. The fourth-order valence-electron chi connectivity index (χ4n) is 4.22. The predicted octanol–water partition coefficient (Wildman–Crippen LogP) is 2.31. The zero-order valence-electron chi connectivity index (χ0n) is 20.9. The molecule has 0 aliphatic carbocycles. The van der Waals surface area contributed by atoms with E-state index in [1.807, 2.05) is 47.9 Å². The highest BCUT2D eigenvalue weighted by atomic mass is 16.6. The van der Waals surface area contributed by atoms with Crippen LogP contribution in [0, 0.1) is 11.8 Å². The number of aliphatic hydroxyl groups is 1. The highest BCUT2D eigenvalue weighted by Crippen LogP contribution is 2.32. The molecule has 1 aliphatic heterocycles. The summed E-state index contributed by atoms with van der Waals surface area (Å²) in [4.78, 5) is 9.45. The van der Waals surface area contributed by atoms with E-state index in [4.69, 9.17) is 29.8 Å². The molecule has 2 atom stereocenters. The van der Waals surface area contributed by atoms with Crippen LogP contribution in [-0.4, -0.2) is 61.4 Å². The Labute approximate surface area is 214 Å². The molecule has 5 rings (SSSR count). The van der Waals surface area contributed by atoms with Gasteiger partial charge in [-0.1, -0.05) is 36.3 Å². The third-order valence-electron chi connectivity index (χ3n) is 5.91. The van der Waals surface area contributed by atoms with Crippen molar-refractivity contribution in [1.29, 1.82) is 0 Å².